The van der Waals surface area contributed by atoms with E-state index in [4.69, 9.17) is 19.7 Å². The minimum Gasteiger partial charge on any atom is -0.381 e. The van der Waals surface area contributed by atoms with Gasteiger partial charge in [0.1, 0.15) is 0 Å². The van der Waals surface area contributed by atoms with Crippen molar-refractivity contribution in [2.24, 2.45) is 11.7 Å². The van der Waals surface area contributed by atoms with Gasteiger partial charge in [0.15, 0.2) is 5.82 Å². The third kappa shape index (κ3) is 3.49. The quantitative estimate of drug-likeness (QED) is 0.764. The lowest BCUT2D eigenvalue weighted by molar-refractivity contribution is 0.102. The molecule has 1 fully saturated rings. The molecule has 2 atom stereocenters. The van der Waals surface area contributed by atoms with Gasteiger partial charge in [-0.3, -0.25) is 0 Å². The molecule has 2 N–H and O–H groups in total. The Hall–Kier alpha value is -0.980. The van der Waals surface area contributed by atoms with Crippen LogP contribution in [0.1, 0.15) is 18.1 Å². The van der Waals surface area contributed by atoms with E-state index in [2.05, 4.69) is 10.1 Å². The monoisotopic (exact) mass is 241 g/mol. The molecule has 6 nitrogen and oxygen atoms in total. The lowest BCUT2D eigenvalue weighted by atomic mass is 10.1. The van der Waals surface area contributed by atoms with Crippen molar-refractivity contribution < 1.29 is 14.0 Å². The molecular formula is C11H19N3O3. The summed E-state index contributed by atoms with van der Waals surface area (Å²) in [6.07, 6.45) is 2.41. The van der Waals surface area contributed by atoms with Crippen molar-refractivity contribution in [3.8, 4) is 0 Å². The zero-order valence-electron chi connectivity index (χ0n) is 10.1. The van der Waals surface area contributed by atoms with E-state index in [0.717, 1.165) is 31.9 Å². The maximum Gasteiger partial charge on any atom is 0.229 e. The van der Waals surface area contributed by atoms with Crippen LogP contribution < -0.4 is 5.73 Å². The van der Waals surface area contributed by atoms with Gasteiger partial charge in [-0.15, -0.1) is 0 Å². The van der Waals surface area contributed by atoms with Crippen LogP contribution in [-0.2, 0) is 22.3 Å². The third-order valence-corrected chi connectivity index (χ3v) is 3.00. The Morgan fingerprint density at radius 1 is 1.59 bits per heavy atom. The van der Waals surface area contributed by atoms with E-state index in [9.17, 15) is 0 Å². The minimum absolute atomic E-state index is 0.0573. The topological polar surface area (TPSA) is 83.4 Å². The van der Waals surface area contributed by atoms with Gasteiger partial charge in [-0.05, 0) is 12.3 Å². The molecular weight excluding hydrogens is 222 g/mol. The Kier molecular flexibility index (Phi) is 4.47. The van der Waals surface area contributed by atoms with Crippen molar-refractivity contribution in [2.75, 3.05) is 26.9 Å². The molecule has 1 aliphatic heterocycles. The molecule has 96 valence electrons. The molecule has 0 saturated carbocycles. The van der Waals surface area contributed by atoms with E-state index in [1.54, 1.807) is 7.11 Å². The van der Waals surface area contributed by atoms with Crippen molar-refractivity contribution in [2.45, 2.75) is 25.4 Å². The molecule has 1 aromatic rings. The second-order valence-corrected chi connectivity index (χ2v) is 4.34. The van der Waals surface area contributed by atoms with Crippen LogP contribution >= 0.6 is 0 Å². The number of nitrogens with two attached hydrogens (primary N) is 1. The summed E-state index contributed by atoms with van der Waals surface area (Å²) in [6.45, 7) is 2.09. The number of hydrogen-bond acceptors (Lipinski definition) is 6. The fraction of sp³-hybridized carbons (Fsp3) is 0.818. The fourth-order valence-corrected chi connectivity index (χ4v) is 1.92. The molecule has 1 aliphatic rings. The highest BCUT2D eigenvalue weighted by Gasteiger charge is 2.19. The van der Waals surface area contributed by atoms with Crippen LogP contribution in [0.5, 0.6) is 0 Å². The Morgan fingerprint density at radius 3 is 3.12 bits per heavy atom. The highest BCUT2D eigenvalue weighted by atomic mass is 16.5. The van der Waals surface area contributed by atoms with Crippen molar-refractivity contribution >= 4 is 0 Å². The Bertz CT molecular complexity index is 314. The van der Waals surface area contributed by atoms with Gasteiger partial charge in [0, 0.05) is 33.3 Å². The van der Waals surface area contributed by atoms with Gasteiger partial charge in [-0.2, -0.15) is 4.98 Å². The van der Waals surface area contributed by atoms with E-state index in [1.807, 2.05) is 0 Å². The second-order valence-electron chi connectivity index (χ2n) is 4.34. The average Bonchev–Trinajstić information content (AvgIpc) is 2.98. The standard InChI is InChI=1S/C11H19N3O3/c1-15-9(6-12)5-11-13-10(14-17-11)4-8-2-3-16-7-8/h8-9H,2-7,12H2,1H3. The van der Waals surface area contributed by atoms with E-state index < -0.39 is 0 Å². The van der Waals surface area contributed by atoms with Crippen molar-refractivity contribution in [1.29, 1.82) is 0 Å². The van der Waals surface area contributed by atoms with Gasteiger partial charge in [0.05, 0.1) is 12.5 Å². The zero-order chi connectivity index (χ0) is 12.1. The highest BCUT2D eigenvalue weighted by Crippen LogP contribution is 2.16. The van der Waals surface area contributed by atoms with Gasteiger partial charge in [-0.25, -0.2) is 0 Å². The summed E-state index contributed by atoms with van der Waals surface area (Å²) in [5.74, 6) is 1.87. The van der Waals surface area contributed by atoms with Gasteiger partial charge in [0.25, 0.3) is 0 Å². The van der Waals surface area contributed by atoms with E-state index in [0.29, 0.717) is 24.8 Å². The predicted octanol–water partition coefficient (Wildman–Crippen LogP) is 0.165. The Morgan fingerprint density at radius 2 is 2.47 bits per heavy atom. The van der Waals surface area contributed by atoms with Crippen LogP contribution in [0.2, 0.25) is 0 Å². The molecule has 2 rings (SSSR count). The van der Waals surface area contributed by atoms with Gasteiger partial charge >= 0.3 is 0 Å². The summed E-state index contributed by atoms with van der Waals surface area (Å²) < 4.78 is 15.7. The smallest absolute Gasteiger partial charge is 0.229 e. The number of ether oxygens (including phenoxy) is 2. The first-order valence-electron chi connectivity index (χ1n) is 5.94. The van der Waals surface area contributed by atoms with Crippen LogP contribution in [0.15, 0.2) is 4.52 Å². The van der Waals surface area contributed by atoms with Crippen LogP contribution in [0.4, 0.5) is 0 Å². The van der Waals surface area contributed by atoms with Crippen LogP contribution in [0.3, 0.4) is 0 Å². The molecule has 0 radical (unpaired) electrons. The normalized spacial score (nSPS) is 21.9. The van der Waals surface area contributed by atoms with Gasteiger partial charge < -0.3 is 19.7 Å². The van der Waals surface area contributed by atoms with Gasteiger partial charge in [0.2, 0.25) is 5.89 Å². The minimum atomic E-state index is -0.0573. The van der Waals surface area contributed by atoms with E-state index in [-0.39, 0.29) is 6.10 Å². The molecule has 0 amide bonds. The lowest BCUT2D eigenvalue weighted by Crippen LogP contribution is -2.24. The number of rotatable bonds is 6. The SMILES string of the molecule is COC(CN)Cc1nc(CC2CCOC2)no1. The average molecular weight is 241 g/mol. The molecule has 6 heteroatoms. The summed E-state index contributed by atoms with van der Waals surface area (Å²) in [5, 5.41) is 3.96. The van der Waals surface area contributed by atoms with Gasteiger partial charge in [-0.1, -0.05) is 5.16 Å². The molecule has 2 heterocycles. The molecule has 1 saturated heterocycles. The molecule has 2 unspecified atom stereocenters. The molecule has 1 aromatic heterocycles. The summed E-state index contributed by atoms with van der Waals surface area (Å²) >= 11 is 0. The molecule has 17 heavy (non-hydrogen) atoms. The summed E-state index contributed by atoms with van der Waals surface area (Å²) in [7, 11) is 1.63. The first-order chi connectivity index (χ1) is 8.31. The number of hydrogen-bond donors (Lipinski definition) is 1. The first kappa shape index (κ1) is 12.5. The summed E-state index contributed by atoms with van der Waals surface area (Å²) in [5.41, 5.74) is 5.54. The first-order valence-corrected chi connectivity index (χ1v) is 5.94. The summed E-state index contributed by atoms with van der Waals surface area (Å²) in [4.78, 5) is 4.34. The highest BCUT2D eigenvalue weighted by molar-refractivity contribution is 4.91. The fourth-order valence-electron chi connectivity index (χ4n) is 1.92. The Balaban J connectivity index is 1.86. The summed E-state index contributed by atoms with van der Waals surface area (Å²) in [6, 6.07) is 0. The van der Waals surface area contributed by atoms with Crippen LogP contribution in [-0.4, -0.2) is 43.1 Å². The largest absolute Gasteiger partial charge is 0.381 e. The van der Waals surface area contributed by atoms with E-state index >= 15 is 0 Å². The van der Waals surface area contributed by atoms with Crippen molar-refractivity contribution in [3.63, 3.8) is 0 Å². The third-order valence-electron chi connectivity index (χ3n) is 3.00. The number of aromatic nitrogens is 2. The Labute approximate surface area is 100 Å². The maximum atomic E-state index is 5.54. The van der Waals surface area contributed by atoms with Crippen molar-refractivity contribution in [3.05, 3.63) is 11.7 Å². The second kappa shape index (κ2) is 6.09. The lowest BCUT2D eigenvalue weighted by Gasteiger charge is -2.08. The zero-order valence-corrected chi connectivity index (χ0v) is 10.1. The number of methoxy groups -OCH3 is 1. The van der Waals surface area contributed by atoms with E-state index in [1.165, 1.54) is 0 Å². The van der Waals surface area contributed by atoms with Crippen LogP contribution in [0, 0.1) is 5.92 Å². The van der Waals surface area contributed by atoms with Crippen molar-refractivity contribution in [1.82, 2.24) is 10.1 Å². The molecule has 0 aliphatic carbocycles. The molecule has 0 aromatic carbocycles. The molecule has 0 spiro atoms. The van der Waals surface area contributed by atoms with Crippen LogP contribution in [0.25, 0.3) is 0 Å². The molecule has 0 bridgehead atoms. The predicted molar refractivity (Wildman–Crippen MR) is 60.5 cm³/mol. The maximum absolute atomic E-state index is 5.54. The number of nitrogens with zero attached hydrogens (tertiary/aromatic N) is 2.